The quantitative estimate of drug-likeness (QED) is 0.352. The average molecular weight is 315 g/mol. The Bertz CT molecular complexity index is 368. The third kappa shape index (κ3) is 8.70. The van der Waals surface area contributed by atoms with E-state index >= 15 is 0 Å². The topological polar surface area (TPSA) is 143 Å². The van der Waals surface area contributed by atoms with E-state index in [2.05, 4.69) is 14.3 Å². The molecule has 10 nitrogen and oxygen atoms in total. The molecular formula is C9H18NO9P. The molecule has 0 spiro atoms. The van der Waals surface area contributed by atoms with Gasteiger partial charge in [0.2, 0.25) is 0 Å². The van der Waals surface area contributed by atoms with Gasteiger partial charge in [-0.2, -0.15) is 0 Å². The summed E-state index contributed by atoms with van der Waals surface area (Å²) >= 11 is 0. The lowest BCUT2D eigenvalue weighted by Crippen LogP contribution is -2.40. The number of ether oxygens (including phenoxy) is 2. The highest BCUT2D eigenvalue weighted by molar-refractivity contribution is 7.51. The van der Waals surface area contributed by atoms with E-state index in [1.165, 1.54) is 13.8 Å². The lowest BCUT2D eigenvalue weighted by Gasteiger charge is -2.22. The van der Waals surface area contributed by atoms with Crippen molar-refractivity contribution < 1.29 is 43.4 Å². The second-order valence-corrected chi connectivity index (χ2v) is 5.23. The monoisotopic (exact) mass is 315 g/mol. The SMILES string of the molecule is CCOC(=O)ON(C[C@@H](O)CP(=O)(O)O)C(=O)OCC. The molecule has 0 fully saturated rings. The Morgan fingerprint density at radius 3 is 2.20 bits per heavy atom. The number of aliphatic hydroxyl groups is 1. The van der Waals surface area contributed by atoms with Crippen LogP contribution in [0.25, 0.3) is 0 Å². The number of hydrogen-bond acceptors (Lipinski definition) is 7. The minimum atomic E-state index is -4.47. The molecule has 0 aromatic rings. The van der Waals surface area contributed by atoms with Crippen LogP contribution in [-0.4, -0.2) is 64.2 Å². The summed E-state index contributed by atoms with van der Waals surface area (Å²) in [6.07, 6.45) is -4.79. The molecule has 0 unspecified atom stereocenters. The Hall–Kier alpha value is -1.35. The van der Waals surface area contributed by atoms with Crippen LogP contribution < -0.4 is 0 Å². The first kappa shape index (κ1) is 18.7. The van der Waals surface area contributed by atoms with Crippen LogP contribution in [0.4, 0.5) is 9.59 Å². The summed E-state index contributed by atoms with van der Waals surface area (Å²) in [6.45, 7) is 2.34. The van der Waals surface area contributed by atoms with Gasteiger partial charge in [-0.25, -0.2) is 9.59 Å². The van der Waals surface area contributed by atoms with Crippen molar-refractivity contribution in [1.82, 2.24) is 5.06 Å². The summed E-state index contributed by atoms with van der Waals surface area (Å²) in [5.41, 5.74) is 0. The van der Waals surface area contributed by atoms with Gasteiger partial charge < -0.3 is 29.2 Å². The van der Waals surface area contributed by atoms with Crippen molar-refractivity contribution in [1.29, 1.82) is 0 Å². The molecule has 0 bridgehead atoms. The van der Waals surface area contributed by atoms with Crippen molar-refractivity contribution in [2.24, 2.45) is 0 Å². The van der Waals surface area contributed by atoms with Crippen LogP contribution in [0.1, 0.15) is 13.8 Å². The van der Waals surface area contributed by atoms with Gasteiger partial charge in [0.25, 0.3) is 0 Å². The maximum atomic E-state index is 11.4. The largest absolute Gasteiger partial charge is 0.533 e. The summed E-state index contributed by atoms with van der Waals surface area (Å²) in [4.78, 5) is 44.4. The molecular weight excluding hydrogens is 297 g/mol. The first-order valence-corrected chi connectivity index (χ1v) is 7.51. The van der Waals surface area contributed by atoms with Gasteiger partial charge in [-0.05, 0) is 13.8 Å². The molecule has 0 saturated carbocycles. The van der Waals surface area contributed by atoms with Crippen LogP contribution in [0.2, 0.25) is 0 Å². The molecule has 0 aromatic heterocycles. The summed E-state index contributed by atoms with van der Waals surface area (Å²) in [5.74, 6) is 0. The second kappa shape index (κ2) is 8.75. The van der Waals surface area contributed by atoms with Crippen LogP contribution in [-0.2, 0) is 18.9 Å². The Balaban J connectivity index is 4.63. The van der Waals surface area contributed by atoms with E-state index < -0.39 is 38.7 Å². The number of aliphatic hydroxyl groups excluding tert-OH is 1. The fraction of sp³-hybridized carbons (Fsp3) is 0.778. The molecule has 11 heteroatoms. The summed E-state index contributed by atoms with van der Waals surface area (Å²) in [6, 6.07) is 0. The van der Waals surface area contributed by atoms with Crippen molar-refractivity contribution in [3.05, 3.63) is 0 Å². The molecule has 0 aliphatic carbocycles. The molecule has 20 heavy (non-hydrogen) atoms. The number of carbonyl (C=O) groups is 2. The Labute approximate surface area is 115 Å². The molecule has 1 atom stereocenters. The van der Waals surface area contributed by atoms with Crippen LogP contribution in [0.15, 0.2) is 0 Å². The molecule has 0 aliphatic heterocycles. The zero-order chi connectivity index (χ0) is 15.8. The Morgan fingerprint density at radius 1 is 1.20 bits per heavy atom. The van der Waals surface area contributed by atoms with Crippen molar-refractivity contribution >= 4 is 19.8 Å². The Morgan fingerprint density at radius 2 is 1.75 bits per heavy atom. The molecule has 118 valence electrons. The van der Waals surface area contributed by atoms with E-state index in [9.17, 15) is 19.3 Å². The second-order valence-electron chi connectivity index (χ2n) is 3.54. The number of hydroxylamine groups is 2. The number of carbonyl (C=O) groups excluding carboxylic acids is 2. The molecule has 3 N–H and O–H groups in total. The van der Waals surface area contributed by atoms with Crippen molar-refractivity contribution in [2.75, 3.05) is 25.9 Å². The van der Waals surface area contributed by atoms with Crippen LogP contribution in [0.3, 0.4) is 0 Å². The summed E-state index contributed by atoms with van der Waals surface area (Å²) < 4.78 is 19.7. The van der Waals surface area contributed by atoms with Crippen molar-refractivity contribution in [3.8, 4) is 0 Å². The lowest BCUT2D eigenvalue weighted by atomic mass is 10.4. The van der Waals surface area contributed by atoms with E-state index in [1.54, 1.807) is 0 Å². The molecule has 0 rings (SSSR count). The molecule has 0 aromatic carbocycles. The first-order chi connectivity index (χ1) is 9.19. The molecule has 0 aliphatic rings. The highest BCUT2D eigenvalue weighted by Gasteiger charge is 2.27. The smallest absolute Gasteiger partial charge is 0.448 e. The summed E-state index contributed by atoms with van der Waals surface area (Å²) in [5, 5.41) is 9.78. The van der Waals surface area contributed by atoms with Crippen LogP contribution in [0, 0.1) is 0 Å². The fourth-order valence-corrected chi connectivity index (χ4v) is 1.77. The van der Waals surface area contributed by atoms with Gasteiger partial charge in [0, 0.05) is 0 Å². The third-order valence-corrected chi connectivity index (χ3v) is 2.64. The minimum Gasteiger partial charge on any atom is -0.448 e. The average Bonchev–Trinajstić information content (AvgIpc) is 2.26. The molecule has 1 amide bonds. The van der Waals surface area contributed by atoms with E-state index in [1.807, 2.05) is 0 Å². The van der Waals surface area contributed by atoms with Gasteiger partial charge in [0.1, 0.15) is 0 Å². The van der Waals surface area contributed by atoms with Gasteiger partial charge >= 0.3 is 19.8 Å². The lowest BCUT2D eigenvalue weighted by molar-refractivity contribution is -0.121. The molecule has 0 saturated heterocycles. The van der Waals surface area contributed by atoms with Gasteiger partial charge in [-0.1, -0.05) is 0 Å². The predicted octanol–water partition coefficient (Wildman–Crippen LogP) is 0.0716. The highest BCUT2D eigenvalue weighted by Crippen LogP contribution is 2.35. The van der Waals surface area contributed by atoms with Crippen LogP contribution in [0.5, 0.6) is 0 Å². The number of amides is 1. The molecule has 0 heterocycles. The Kier molecular flexibility index (Phi) is 8.16. The fourth-order valence-electron chi connectivity index (χ4n) is 1.10. The zero-order valence-electron chi connectivity index (χ0n) is 11.1. The number of hydrogen-bond donors (Lipinski definition) is 3. The van der Waals surface area contributed by atoms with E-state index in [-0.39, 0.29) is 13.2 Å². The van der Waals surface area contributed by atoms with Gasteiger partial charge in [0.15, 0.2) is 0 Å². The van der Waals surface area contributed by atoms with Crippen LogP contribution >= 0.6 is 7.60 Å². The maximum Gasteiger partial charge on any atom is 0.533 e. The van der Waals surface area contributed by atoms with Gasteiger partial charge in [-0.15, -0.1) is 5.06 Å². The first-order valence-electron chi connectivity index (χ1n) is 5.71. The molecule has 0 radical (unpaired) electrons. The normalized spacial score (nSPS) is 12.4. The van der Waals surface area contributed by atoms with E-state index in [4.69, 9.17) is 9.79 Å². The third-order valence-electron chi connectivity index (χ3n) is 1.74. The summed E-state index contributed by atoms with van der Waals surface area (Å²) in [7, 11) is -4.47. The van der Waals surface area contributed by atoms with Crippen molar-refractivity contribution in [3.63, 3.8) is 0 Å². The maximum absolute atomic E-state index is 11.4. The van der Waals surface area contributed by atoms with Crippen molar-refractivity contribution in [2.45, 2.75) is 20.0 Å². The predicted molar refractivity (Wildman–Crippen MR) is 64.8 cm³/mol. The van der Waals surface area contributed by atoms with Gasteiger partial charge in [0.05, 0.1) is 32.0 Å². The highest BCUT2D eigenvalue weighted by atomic mass is 31.2. The number of rotatable bonds is 6. The zero-order valence-corrected chi connectivity index (χ0v) is 12.0. The minimum absolute atomic E-state index is 0.000530. The standard InChI is InChI=1S/C9H18NO9P/c1-3-17-8(12)10(19-9(13)18-4-2)5-7(11)6-20(14,15)16/h7,11H,3-6H2,1-2H3,(H2,14,15,16)/t7-/m1/s1. The number of nitrogens with zero attached hydrogens (tertiary/aromatic N) is 1. The van der Waals surface area contributed by atoms with E-state index in [0.29, 0.717) is 5.06 Å². The van der Waals surface area contributed by atoms with E-state index in [0.717, 1.165) is 0 Å². The van der Waals surface area contributed by atoms with Gasteiger partial charge in [-0.3, -0.25) is 4.57 Å².